The zero-order valence-corrected chi connectivity index (χ0v) is 6.14. The molecule has 3 N–H and O–H groups in total. The highest BCUT2D eigenvalue weighted by Crippen LogP contribution is 2.14. The van der Waals surface area contributed by atoms with Crippen LogP contribution in [-0.2, 0) is 0 Å². The van der Waals surface area contributed by atoms with Gasteiger partial charge in [-0.15, -0.1) is 0 Å². The molecule has 0 saturated heterocycles. The van der Waals surface area contributed by atoms with Crippen molar-refractivity contribution in [2.75, 3.05) is 6.61 Å². The lowest BCUT2D eigenvalue weighted by Gasteiger charge is -1.92. The second kappa shape index (κ2) is 6.05. The van der Waals surface area contributed by atoms with E-state index in [1.165, 1.54) is 25.7 Å². The zero-order chi connectivity index (χ0) is 7.11. The van der Waals surface area contributed by atoms with Gasteiger partial charge in [0.2, 0.25) is 0 Å². The maximum Gasteiger partial charge on any atom is 0.0402 e. The van der Waals surface area contributed by atoms with Crippen LogP contribution in [0.3, 0.4) is 0 Å². The minimum absolute atomic E-state index is 0.250. The van der Waals surface area contributed by atoms with Crippen LogP contribution in [0.1, 0.15) is 32.6 Å². The summed E-state index contributed by atoms with van der Waals surface area (Å²) in [6, 6.07) is 0.546. The topological polar surface area (TPSA) is 46.2 Å². The summed E-state index contributed by atoms with van der Waals surface area (Å²) in [7, 11) is 0. The average molecular weight is 131 g/mol. The highest BCUT2D eigenvalue weighted by molar-refractivity contribution is 4.67. The molecule has 1 fully saturated rings. The largest absolute Gasteiger partial charge is 0.397 e. The molecular weight excluding hydrogens is 114 g/mol. The molecule has 0 heterocycles. The van der Waals surface area contributed by atoms with E-state index in [9.17, 15) is 0 Å². The van der Waals surface area contributed by atoms with Gasteiger partial charge in [0.15, 0.2) is 0 Å². The number of hydrogen-bond donors (Lipinski definition) is 2. The third kappa shape index (κ3) is 5.80. The summed E-state index contributed by atoms with van der Waals surface area (Å²) in [5, 5.41) is 7.57. The van der Waals surface area contributed by atoms with Crippen molar-refractivity contribution in [1.29, 1.82) is 0 Å². The van der Waals surface area contributed by atoms with Gasteiger partial charge >= 0.3 is 0 Å². The van der Waals surface area contributed by atoms with Crippen molar-refractivity contribution in [3.05, 3.63) is 0 Å². The zero-order valence-electron chi connectivity index (χ0n) is 6.14. The normalized spacial score (nSPS) is 19.0. The molecule has 0 bridgehead atoms. The van der Waals surface area contributed by atoms with Crippen LogP contribution in [0.15, 0.2) is 0 Å². The molecule has 9 heavy (non-hydrogen) atoms. The first kappa shape index (κ1) is 8.92. The molecule has 1 saturated carbocycles. The van der Waals surface area contributed by atoms with Gasteiger partial charge in [-0.1, -0.05) is 12.8 Å². The van der Waals surface area contributed by atoms with Crippen LogP contribution in [0, 0.1) is 0 Å². The van der Waals surface area contributed by atoms with Crippen LogP contribution in [0.5, 0.6) is 0 Å². The number of rotatable bonds is 0. The first-order valence-corrected chi connectivity index (χ1v) is 3.67. The minimum Gasteiger partial charge on any atom is -0.397 e. The number of aliphatic hydroxyl groups is 1. The lowest BCUT2D eigenvalue weighted by atomic mass is 10.3. The Labute approximate surface area is 57.1 Å². The second-order valence-corrected chi connectivity index (χ2v) is 2.36. The third-order valence-corrected chi connectivity index (χ3v) is 1.40. The van der Waals surface area contributed by atoms with Crippen molar-refractivity contribution in [2.24, 2.45) is 5.73 Å². The number of aliphatic hydroxyl groups excluding tert-OH is 1. The van der Waals surface area contributed by atoms with Crippen LogP contribution >= 0.6 is 0 Å². The Morgan fingerprint density at radius 2 is 1.78 bits per heavy atom. The summed E-state index contributed by atoms with van der Waals surface area (Å²) in [5.74, 6) is 0. The van der Waals surface area contributed by atoms with E-state index in [1.807, 2.05) is 0 Å². The number of nitrogens with two attached hydrogens (primary N) is 1. The van der Waals surface area contributed by atoms with E-state index in [0.717, 1.165) is 0 Å². The summed E-state index contributed by atoms with van der Waals surface area (Å²) in [6.45, 7) is 1.93. The molecule has 0 aromatic heterocycles. The molecule has 0 spiro atoms. The Morgan fingerprint density at radius 3 is 1.89 bits per heavy atom. The summed E-state index contributed by atoms with van der Waals surface area (Å²) in [5.41, 5.74) is 5.53. The van der Waals surface area contributed by atoms with Gasteiger partial charge in [-0.3, -0.25) is 0 Å². The summed E-state index contributed by atoms with van der Waals surface area (Å²) >= 11 is 0. The summed E-state index contributed by atoms with van der Waals surface area (Å²) in [6.07, 6.45) is 5.25. The number of hydrogen-bond acceptors (Lipinski definition) is 2. The fourth-order valence-electron chi connectivity index (χ4n) is 0.957. The van der Waals surface area contributed by atoms with Crippen molar-refractivity contribution in [2.45, 2.75) is 38.6 Å². The lowest BCUT2D eigenvalue weighted by molar-refractivity contribution is 0.318. The smallest absolute Gasteiger partial charge is 0.0402 e. The predicted octanol–water partition coefficient (Wildman–Crippen LogP) is 0.886. The van der Waals surface area contributed by atoms with Crippen LogP contribution in [-0.4, -0.2) is 17.8 Å². The molecule has 0 unspecified atom stereocenters. The molecule has 1 aliphatic carbocycles. The predicted molar refractivity (Wildman–Crippen MR) is 39.2 cm³/mol. The van der Waals surface area contributed by atoms with E-state index < -0.39 is 0 Å². The standard InChI is InChI=1S/C5H11N.C2H6O/c6-5-3-1-2-4-5;1-2-3/h5H,1-4,6H2;3H,2H2,1H3. The van der Waals surface area contributed by atoms with Crippen molar-refractivity contribution < 1.29 is 5.11 Å². The molecule has 0 radical (unpaired) electrons. The van der Waals surface area contributed by atoms with Gasteiger partial charge in [0.1, 0.15) is 0 Å². The molecule has 0 aromatic carbocycles. The first-order chi connectivity index (χ1) is 4.31. The Balaban J connectivity index is 0.000000187. The highest BCUT2D eigenvalue weighted by Gasteiger charge is 2.07. The molecule has 1 aliphatic rings. The van der Waals surface area contributed by atoms with E-state index in [2.05, 4.69) is 0 Å². The van der Waals surface area contributed by atoms with Crippen molar-refractivity contribution in [3.8, 4) is 0 Å². The second-order valence-electron chi connectivity index (χ2n) is 2.36. The molecule has 2 heteroatoms. The Kier molecular flexibility index (Phi) is 5.99. The quantitative estimate of drug-likeness (QED) is 0.513. The average Bonchev–Trinajstić information content (AvgIpc) is 2.20. The Bertz CT molecular complexity index is 50.9. The van der Waals surface area contributed by atoms with E-state index in [1.54, 1.807) is 6.92 Å². The molecule has 2 nitrogen and oxygen atoms in total. The van der Waals surface area contributed by atoms with Crippen LogP contribution in [0.2, 0.25) is 0 Å². The molecule has 0 amide bonds. The van der Waals surface area contributed by atoms with Crippen LogP contribution in [0.25, 0.3) is 0 Å². The van der Waals surface area contributed by atoms with Gasteiger partial charge < -0.3 is 10.8 Å². The van der Waals surface area contributed by atoms with Crippen molar-refractivity contribution in [3.63, 3.8) is 0 Å². The highest BCUT2D eigenvalue weighted by atomic mass is 16.2. The molecular formula is C7H17NO. The van der Waals surface area contributed by atoms with Gasteiger partial charge in [0, 0.05) is 12.6 Å². The molecule has 0 aliphatic heterocycles. The van der Waals surface area contributed by atoms with Gasteiger partial charge in [0.25, 0.3) is 0 Å². The molecule has 0 aromatic rings. The maximum atomic E-state index is 7.57. The molecule has 56 valence electrons. The third-order valence-electron chi connectivity index (χ3n) is 1.40. The molecule has 1 rings (SSSR count). The fourth-order valence-corrected chi connectivity index (χ4v) is 0.957. The maximum absolute atomic E-state index is 7.57. The van der Waals surface area contributed by atoms with E-state index >= 15 is 0 Å². The monoisotopic (exact) mass is 131 g/mol. The van der Waals surface area contributed by atoms with Gasteiger partial charge in [-0.05, 0) is 19.8 Å². The lowest BCUT2D eigenvalue weighted by Crippen LogP contribution is -2.13. The first-order valence-electron chi connectivity index (χ1n) is 3.67. The summed E-state index contributed by atoms with van der Waals surface area (Å²) in [4.78, 5) is 0. The van der Waals surface area contributed by atoms with E-state index in [0.29, 0.717) is 6.04 Å². The van der Waals surface area contributed by atoms with E-state index in [-0.39, 0.29) is 6.61 Å². The summed E-state index contributed by atoms with van der Waals surface area (Å²) < 4.78 is 0. The SMILES string of the molecule is CCO.NC1CCCC1. The minimum atomic E-state index is 0.250. The van der Waals surface area contributed by atoms with Gasteiger partial charge in [-0.2, -0.15) is 0 Å². The fraction of sp³-hybridized carbons (Fsp3) is 1.00. The Morgan fingerprint density at radius 1 is 1.44 bits per heavy atom. The Hall–Kier alpha value is -0.0800. The van der Waals surface area contributed by atoms with Crippen molar-refractivity contribution in [1.82, 2.24) is 0 Å². The van der Waals surface area contributed by atoms with Crippen molar-refractivity contribution >= 4 is 0 Å². The molecule has 0 atom stereocenters. The van der Waals surface area contributed by atoms with Gasteiger partial charge in [0.05, 0.1) is 0 Å². The van der Waals surface area contributed by atoms with Gasteiger partial charge in [-0.25, -0.2) is 0 Å². The van der Waals surface area contributed by atoms with Crippen LogP contribution < -0.4 is 5.73 Å². The van der Waals surface area contributed by atoms with Crippen LogP contribution in [0.4, 0.5) is 0 Å². The van der Waals surface area contributed by atoms with E-state index in [4.69, 9.17) is 10.8 Å².